The van der Waals surface area contributed by atoms with Crippen LogP contribution in [0, 0.1) is 0 Å². The number of carbonyl (C=O) groups excluding carboxylic acids is 3. The molecule has 1 N–H and O–H groups in total. The first-order chi connectivity index (χ1) is 13.5. The molecular formula is C20H24N2O6. The van der Waals surface area contributed by atoms with E-state index in [1.54, 1.807) is 36.1 Å². The average Bonchev–Trinajstić information content (AvgIpc) is 3.52. The van der Waals surface area contributed by atoms with Crippen molar-refractivity contribution in [2.24, 2.45) is 0 Å². The maximum absolute atomic E-state index is 12.8. The van der Waals surface area contributed by atoms with Crippen LogP contribution < -0.4 is 5.32 Å². The third-order valence-corrected chi connectivity index (χ3v) is 4.84. The molecule has 0 spiro atoms. The number of hydrogen-bond acceptors (Lipinski definition) is 6. The van der Waals surface area contributed by atoms with Gasteiger partial charge in [-0.05, 0) is 37.5 Å². The monoisotopic (exact) mass is 388 g/mol. The topological polar surface area (TPSA) is 94.2 Å². The van der Waals surface area contributed by atoms with Crippen LogP contribution in [0.4, 0.5) is 4.79 Å². The van der Waals surface area contributed by atoms with Crippen LogP contribution in [0.3, 0.4) is 0 Å². The van der Waals surface area contributed by atoms with E-state index in [0.29, 0.717) is 22.4 Å². The van der Waals surface area contributed by atoms with E-state index in [1.807, 2.05) is 0 Å². The van der Waals surface area contributed by atoms with Gasteiger partial charge in [0.15, 0.2) is 0 Å². The van der Waals surface area contributed by atoms with E-state index < -0.39 is 18.0 Å². The number of amides is 2. The Morgan fingerprint density at radius 1 is 1.11 bits per heavy atom. The number of benzene rings is 1. The molecule has 1 aliphatic heterocycles. The van der Waals surface area contributed by atoms with Crippen LogP contribution >= 0.6 is 0 Å². The van der Waals surface area contributed by atoms with E-state index in [2.05, 4.69) is 5.32 Å². The predicted molar refractivity (Wildman–Crippen MR) is 99.5 cm³/mol. The zero-order valence-corrected chi connectivity index (χ0v) is 16.2. The first-order valence-electron chi connectivity index (χ1n) is 9.12. The molecule has 1 aromatic carbocycles. The van der Waals surface area contributed by atoms with E-state index in [9.17, 15) is 14.4 Å². The van der Waals surface area contributed by atoms with Crippen molar-refractivity contribution < 1.29 is 28.6 Å². The minimum Gasteiger partial charge on any atom is -0.465 e. The second kappa shape index (κ2) is 8.43. The van der Waals surface area contributed by atoms with Gasteiger partial charge in [0.2, 0.25) is 0 Å². The number of nitrogens with one attached hydrogen (secondary N) is 1. The molecule has 0 radical (unpaired) electrons. The smallest absolute Gasteiger partial charge is 0.338 e. The van der Waals surface area contributed by atoms with Gasteiger partial charge < -0.3 is 19.5 Å². The number of nitrogens with zero attached hydrogens (tertiary/aromatic N) is 1. The molecule has 2 amide bonds. The quantitative estimate of drug-likeness (QED) is 0.568. The summed E-state index contributed by atoms with van der Waals surface area (Å²) in [6, 6.07) is 5.80. The molecule has 0 saturated heterocycles. The lowest BCUT2D eigenvalue weighted by Crippen LogP contribution is -2.49. The molecule has 2 aliphatic rings. The Morgan fingerprint density at radius 2 is 1.79 bits per heavy atom. The van der Waals surface area contributed by atoms with Gasteiger partial charge in [0, 0.05) is 18.8 Å². The Bertz CT molecular complexity index is 797. The van der Waals surface area contributed by atoms with Crippen molar-refractivity contribution in [3.63, 3.8) is 0 Å². The molecule has 1 aromatic rings. The summed E-state index contributed by atoms with van der Waals surface area (Å²) in [5.74, 6) is -0.952. The number of methoxy groups -OCH3 is 2. The summed E-state index contributed by atoms with van der Waals surface area (Å²) in [7, 11) is 2.84. The Balaban J connectivity index is 1.93. The predicted octanol–water partition coefficient (Wildman–Crippen LogP) is 2.17. The molecule has 0 aromatic heterocycles. The average molecular weight is 388 g/mol. The van der Waals surface area contributed by atoms with Gasteiger partial charge in [0.1, 0.15) is 6.61 Å². The lowest BCUT2D eigenvalue weighted by Gasteiger charge is -2.35. The fourth-order valence-electron chi connectivity index (χ4n) is 3.27. The summed E-state index contributed by atoms with van der Waals surface area (Å²) in [4.78, 5) is 38.7. The first-order valence-corrected chi connectivity index (χ1v) is 9.12. The number of allylic oxidation sites excluding steroid dienone is 1. The summed E-state index contributed by atoms with van der Waals surface area (Å²) < 4.78 is 15.0. The molecule has 0 unspecified atom stereocenters. The van der Waals surface area contributed by atoms with Gasteiger partial charge in [0.05, 0.1) is 30.9 Å². The Kier molecular flexibility index (Phi) is 5.99. The van der Waals surface area contributed by atoms with E-state index >= 15 is 0 Å². The van der Waals surface area contributed by atoms with Crippen molar-refractivity contribution in [3.05, 3.63) is 46.7 Å². The molecule has 1 fully saturated rings. The summed E-state index contributed by atoms with van der Waals surface area (Å²) in [6.07, 6.45) is 1.82. The van der Waals surface area contributed by atoms with E-state index in [1.165, 1.54) is 14.2 Å². The number of urea groups is 1. The van der Waals surface area contributed by atoms with E-state index in [4.69, 9.17) is 14.2 Å². The van der Waals surface area contributed by atoms with Crippen LogP contribution in [0.1, 0.15) is 41.7 Å². The van der Waals surface area contributed by atoms with Gasteiger partial charge in [0.25, 0.3) is 0 Å². The standard InChI is InChI=1S/C20H24N2O6/c1-12-16(19(24)28-11-10-26-2)17(21-20(25)22(12)15-8-9-15)13-4-6-14(7-5-13)18(23)27-3/h4-7,15,17H,8-11H2,1-3H3,(H,21,25)/t17-/m1/s1. The highest BCUT2D eigenvalue weighted by Gasteiger charge is 2.42. The van der Waals surface area contributed by atoms with Crippen LogP contribution in [0.2, 0.25) is 0 Å². The second-order valence-corrected chi connectivity index (χ2v) is 6.73. The molecule has 1 heterocycles. The molecule has 28 heavy (non-hydrogen) atoms. The molecule has 8 heteroatoms. The number of esters is 2. The summed E-state index contributed by atoms with van der Waals surface area (Å²) in [6.45, 7) is 2.17. The van der Waals surface area contributed by atoms with Crippen LogP contribution in [-0.2, 0) is 19.0 Å². The highest BCUT2D eigenvalue weighted by atomic mass is 16.6. The minimum absolute atomic E-state index is 0.115. The van der Waals surface area contributed by atoms with Crippen molar-refractivity contribution in [1.29, 1.82) is 0 Å². The molecule has 8 nitrogen and oxygen atoms in total. The second-order valence-electron chi connectivity index (χ2n) is 6.73. The van der Waals surface area contributed by atoms with Crippen molar-refractivity contribution in [2.75, 3.05) is 27.4 Å². The molecule has 1 atom stereocenters. The summed E-state index contributed by atoms with van der Waals surface area (Å²) in [5.41, 5.74) is 2.04. The third kappa shape index (κ3) is 4.01. The lowest BCUT2D eigenvalue weighted by molar-refractivity contribution is -0.140. The van der Waals surface area contributed by atoms with Crippen LogP contribution in [0.25, 0.3) is 0 Å². The molecule has 1 saturated carbocycles. The van der Waals surface area contributed by atoms with Gasteiger partial charge in [-0.15, -0.1) is 0 Å². The summed E-state index contributed by atoms with van der Waals surface area (Å²) in [5, 5.41) is 2.90. The van der Waals surface area contributed by atoms with Crippen LogP contribution in [0.5, 0.6) is 0 Å². The Labute approximate surface area is 163 Å². The highest BCUT2D eigenvalue weighted by molar-refractivity contribution is 5.95. The van der Waals surface area contributed by atoms with Gasteiger partial charge in [-0.1, -0.05) is 12.1 Å². The SMILES string of the molecule is COCCOC(=O)C1=C(C)N(C2CC2)C(=O)N[C@@H]1c1ccc(C(=O)OC)cc1. The third-order valence-electron chi connectivity index (χ3n) is 4.84. The number of rotatable bonds is 7. The lowest BCUT2D eigenvalue weighted by atomic mass is 9.94. The number of carbonyl (C=O) groups is 3. The van der Waals surface area contributed by atoms with Crippen LogP contribution in [0.15, 0.2) is 35.5 Å². The zero-order valence-electron chi connectivity index (χ0n) is 16.2. The first kappa shape index (κ1) is 19.9. The molecule has 1 aliphatic carbocycles. The van der Waals surface area contributed by atoms with Crippen molar-refractivity contribution in [1.82, 2.24) is 10.2 Å². The van der Waals surface area contributed by atoms with Gasteiger partial charge in [-0.2, -0.15) is 0 Å². The molecular weight excluding hydrogens is 364 g/mol. The summed E-state index contributed by atoms with van der Waals surface area (Å²) >= 11 is 0. The van der Waals surface area contributed by atoms with Crippen LogP contribution in [-0.4, -0.2) is 56.3 Å². The number of ether oxygens (including phenoxy) is 3. The molecule has 150 valence electrons. The number of hydrogen-bond donors (Lipinski definition) is 1. The molecule has 3 rings (SSSR count). The van der Waals surface area contributed by atoms with Gasteiger partial charge >= 0.3 is 18.0 Å². The highest BCUT2D eigenvalue weighted by Crippen LogP contribution is 2.37. The van der Waals surface area contributed by atoms with Gasteiger partial charge in [-0.25, -0.2) is 14.4 Å². The molecule has 0 bridgehead atoms. The Hall–Kier alpha value is -2.87. The van der Waals surface area contributed by atoms with Crippen molar-refractivity contribution >= 4 is 18.0 Å². The van der Waals surface area contributed by atoms with E-state index in [-0.39, 0.29) is 25.3 Å². The Morgan fingerprint density at radius 3 is 2.36 bits per heavy atom. The van der Waals surface area contributed by atoms with Crippen molar-refractivity contribution in [3.8, 4) is 0 Å². The minimum atomic E-state index is -0.663. The van der Waals surface area contributed by atoms with Crippen molar-refractivity contribution in [2.45, 2.75) is 31.8 Å². The normalized spacial score (nSPS) is 19.3. The fraction of sp³-hybridized carbons (Fsp3) is 0.450. The maximum atomic E-state index is 12.8. The maximum Gasteiger partial charge on any atom is 0.338 e. The van der Waals surface area contributed by atoms with E-state index in [0.717, 1.165) is 12.8 Å². The largest absolute Gasteiger partial charge is 0.465 e. The fourth-order valence-corrected chi connectivity index (χ4v) is 3.27. The van der Waals surface area contributed by atoms with Gasteiger partial charge in [-0.3, -0.25) is 4.90 Å². The zero-order chi connectivity index (χ0) is 20.3.